The van der Waals surface area contributed by atoms with E-state index in [2.05, 4.69) is 6.58 Å². The van der Waals surface area contributed by atoms with Gasteiger partial charge in [-0.3, -0.25) is 0 Å². The Bertz CT molecular complexity index is 1030. The van der Waals surface area contributed by atoms with Crippen LogP contribution < -0.4 is 0 Å². The molecule has 0 aliphatic carbocycles. The van der Waals surface area contributed by atoms with E-state index in [0.29, 0.717) is 17.2 Å². The smallest absolute Gasteiger partial charge is 0.417 e. The van der Waals surface area contributed by atoms with E-state index in [-0.39, 0.29) is 16.9 Å². The molecular formula is C18H14F3NO3S. The monoisotopic (exact) mass is 381 g/mol. The number of rotatable bonds is 3. The maximum absolute atomic E-state index is 13.4. The number of nitriles is 1. The first kappa shape index (κ1) is 19.5. The maximum Gasteiger partial charge on any atom is 0.417 e. The number of aryl methyl sites for hydroxylation is 2. The fraction of sp³-hybridized carbons (Fsp3) is 0.167. The summed E-state index contributed by atoms with van der Waals surface area (Å²) < 4.78 is 64.7. The second-order valence-electron chi connectivity index (χ2n) is 5.70. The van der Waals surface area contributed by atoms with Gasteiger partial charge < -0.3 is 5.11 Å². The highest BCUT2D eigenvalue weighted by molar-refractivity contribution is 7.95. The molecule has 2 aromatic carbocycles. The minimum atomic E-state index is -4.72. The van der Waals surface area contributed by atoms with Crippen molar-refractivity contribution in [1.82, 2.24) is 0 Å². The standard InChI is InChI=1S/C18H14F3NO3S/c1-10-6-13(7-11(2)17(10)23)15-8-14(26(24,25)12(3)9-22)4-5-16(15)18(19,20)21/h4-8,23H,3H2,1-2H3. The molecule has 136 valence electrons. The molecule has 8 heteroatoms. The summed E-state index contributed by atoms with van der Waals surface area (Å²) in [4.78, 5) is -1.23. The Hall–Kier alpha value is -2.79. The Morgan fingerprint density at radius 2 is 1.69 bits per heavy atom. The van der Waals surface area contributed by atoms with E-state index in [1.807, 2.05) is 0 Å². The summed E-state index contributed by atoms with van der Waals surface area (Å²) in [5.74, 6) is -0.0519. The van der Waals surface area contributed by atoms with E-state index in [0.717, 1.165) is 12.1 Å². The van der Waals surface area contributed by atoms with Gasteiger partial charge in [0.2, 0.25) is 9.84 Å². The molecule has 0 amide bonds. The van der Waals surface area contributed by atoms with Crippen molar-refractivity contribution in [3.63, 3.8) is 0 Å². The fourth-order valence-electron chi connectivity index (χ4n) is 2.49. The van der Waals surface area contributed by atoms with Crippen molar-refractivity contribution in [1.29, 1.82) is 5.26 Å². The summed E-state index contributed by atoms with van der Waals surface area (Å²) in [6, 6.07) is 6.39. The van der Waals surface area contributed by atoms with Gasteiger partial charge in [0.05, 0.1) is 10.5 Å². The lowest BCUT2D eigenvalue weighted by atomic mass is 9.95. The average molecular weight is 381 g/mol. The van der Waals surface area contributed by atoms with Crippen LogP contribution in [0.4, 0.5) is 13.2 Å². The molecule has 26 heavy (non-hydrogen) atoms. The Kier molecular flexibility index (Phi) is 4.88. The molecule has 0 unspecified atom stereocenters. The molecule has 0 saturated heterocycles. The molecule has 0 saturated carbocycles. The molecule has 0 fully saturated rings. The van der Waals surface area contributed by atoms with Gasteiger partial charge >= 0.3 is 6.18 Å². The molecular weight excluding hydrogens is 367 g/mol. The predicted octanol–water partition coefficient (Wildman–Crippen LogP) is 4.51. The second-order valence-corrected chi connectivity index (χ2v) is 7.67. The molecule has 1 N–H and O–H groups in total. The number of halogens is 3. The third-order valence-electron chi connectivity index (χ3n) is 3.86. The molecule has 0 heterocycles. The average Bonchev–Trinajstić information content (AvgIpc) is 2.56. The molecule has 0 spiro atoms. The van der Waals surface area contributed by atoms with Gasteiger partial charge in [-0.2, -0.15) is 18.4 Å². The van der Waals surface area contributed by atoms with E-state index in [1.54, 1.807) is 0 Å². The van der Waals surface area contributed by atoms with Gasteiger partial charge in [0.25, 0.3) is 0 Å². The summed E-state index contributed by atoms with van der Waals surface area (Å²) >= 11 is 0. The number of sulfone groups is 1. The first-order valence-electron chi connectivity index (χ1n) is 7.25. The third kappa shape index (κ3) is 3.44. The first-order chi connectivity index (χ1) is 11.9. The highest BCUT2D eigenvalue weighted by atomic mass is 32.2. The van der Waals surface area contributed by atoms with E-state index in [1.165, 1.54) is 32.0 Å². The zero-order valence-corrected chi connectivity index (χ0v) is 14.7. The Morgan fingerprint density at radius 1 is 1.15 bits per heavy atom. The van der Waals surface area contributed by atoms with Crippen molar-refractivity contribution in [2.24, 2.45) is 0 Å². The molecule has 0 bridgehead atoms. The van der Waals surface area contributed by atoms with Crippen molar-refractivity contribution >= 4 is 9.84 Å². The molecule has 2 rings (SSSR count). The van der Waals surface area contributed by atoms with Gasteiger partial charge in [0.1, 0.15) is 16.7 Å². The molecule has 2 aromatic rings. The second kappa shape index (κ2) is 6.50. The summed E-state index contributed by atoms with van der Waals surface area (Å²) in [5.41, 5.74) is -0.589. The van der Waals surface area contributed by atoms with Gasteiger partial charge in [0.15, 0.2) is 0 Å². The Morgan fingerprint density at radius 3 is 2.15 bits per heavy atom. The van der Waals surface area contributed by atoms with Gasteiger partial charge in [0, 0.05) is 0 Å². The Labute approximate surface area is 148 Å². The number of phenols is 1. The highest BCUT2D eigenvalue weighted by Gasteiger charge is 2.35. The zero-order chi connectivity index (χ0) is 19.9. The lowest BCUT2D eigenvalue weighted by molar-refractivity contribution is -0.137. The van der Waals surface area contributed by atoms with Crippen LogP contribution >= 0.6 is 0 Å². The van der Waals surface area contributed by atoms with Crippen LogP contribution in [0.15, 0.2) is 46.7 Å². The van der Waals surface area contributed by atoms with E-state index < -0.39 is 31.4 Å². The lowest BCUT2D eigenvalue weighted by Crippen LogP contribution is -2.10. The van der Waals surface area contributed by atoms with Crippen molar-refractivity contribution < 1.29 is 26.7 Å². The largest absolute Gasteiger partial charge is 0.507 e. The van der Waals surface area contributed by atoms with Crippen LogP contribution in [0.25, 0.3) is 11.1 Å². The van der Waals surface area contributed by atoms with Crippen molar-refractivity contribution in [2.45, 2.75) is 24.9 Å². The van der Waals surface area contributed by atoms with Crippen LogP contribution in [0.3, 0.4) is 0 Å². The summed E-state index contributed by atoms with van der Waals surface area (Å²) in [7, 11) is -4.28. The number of aromatic hydroxyl groups is 1. The fourth-order valence-corrected chi connectivity index (χ4v) is 3.42. The van der Waals surface area contributed by atoms with Crippen LogP contribution in [0.5, 0.6) is 5.75 Å². The number of allylic oxidation sites excluding steroid dienone is 1. The highest BCUT2D eigenvalue weighted by Crippen LogP contribution is 2.40. The van der Waals surface area contributed by atoms with Crippen molar-refractivity contribution in [3.05, 3.63) is 58.5 Å². The third-order valence-corrected chi connectivity index (χ3v) is 5.47. The molecule has 0 atom stereocenters. The maximum atomic E-state index is 13.4. The molecule has 0 aliphatic rings. The summed E-state index contributed by atoms with van der Waals surface area (Å²) in [6.45, 7) is 6.18. The molecule has 0 radical (unpaired) electrons. The van der Waals surface area contributed by atoms with Crippen molar-refractivity contribution in [3.8, 4) is 22.9 Å². The number of hydrogen-bond donors (Lipinski definition) is 1. The number of phenolic OH excluding ortho intramolecular Hbond substituents is 1. The normalized spacial score (nSPS) is 11.8. The van der Waals surface area contributed by atoms with E-state index in [4.69, 9.17) is 5.26 Å². The topological polar surface area (TPSA) is 78.2 Å². The van der Waals surface area contributed by atoms with Crippen molar-refractivity contribution in [2.75, 3.05) is 0 Å². The van der Waals surface area contributed by atoms with Gasteiger partial charge in [-0.15, -0.1) is 0 Å². The molecule has 0 aliphatic heterocycles. The lowest BCUT2D eigenvalue weighted by Gasteiger charge is -2.16. The van der Waals surface area contributed by atoms with Crippen LogP contribution in [-0.4, -0.2) is 13.5 Å². The summed E-state index contributed by atoms with van der Waals surface area (Å²) in [5, 5.41) is 18.6. The van der Waals surface area contributed by atoms with Gasteiger partial charge in [-0.1, -0.05) is 6.58 Å². The van der Waals surface area contributed by atoms with E-state index >= 15 is 0 Å². The minimum absolute atomic E-state index is 0.0519. The van der Waals surface area contributed by atoms with Gasteiger partial charge in [-0.05, 0) is 66.4 Å². The number of nitrogens with zero attached hydrogens (tertiary/aromatic N) is 1. The summed E-state index contributed by atoms with van der Waals surface area (Å²) in [6.07, 6.45) is -4.72. The van der Waals surface area contributed by atoms with E-state index in [9.17, 15) is 26.7 Å². The zero-order valence-electron chi connectivity index (χ0n) is 13.8. The van der Waals surface area contributed by atoms with Crippen LogP contribution in [-0.2, 0) is 16.0 Å². The van der Waals surface area contributed by atoms with Crippen LogP contribution in [0, 0.1) is 25.2 Å². The Balaban J connectivity index is 2.84. The van der Waals surface area contributed by atoms with Gasteiger partial charge in [-0.25, -0.2) is 8.42 Å². The minimum Gasteiger partial charge on any atom is -0.507 e. The SMILES string of the molecule is C=C(C#N)S(=O)(=O)c1ccc(C(F)(F)F)c(-c2cc(C)c(O)c(C)c2)c1. The number of alkyl halides is 3. The predicted molar refractivity (Wildman–Crippen MR) is 90.0 cm³/mol. The number of hydrogen-bond acceptors (Lipinski definition) is 4. The molecule has 4 nitrogen and oxygen atoms in total. The molecule has 0 aromatic heterocycles. The first-order valence-corrected chi connectivity index (χ1v) is 8.74. The number of benzene rings is 2. The van der Waals surface area contributed by atoms with Crippen LogP contribution in [0.1, 0.15) is 16.7 Å². The quantitative estimate of drug-likeness (QED) is 0.794. The van der Waals surface area contributed by atoms with Crippen LogP contribution in [0.2, 0.25) is 0 Å².